The van der Waals surface area contributed by atoms with Crippen LogP contribution >= 0.6 is 12.2 Å². The standard InChI is InChI=1S/C11H18N2OS/c1-2-3-8-14-9-7-13-6-4-5-10(13)11(12)15/h4-6H,2-3,7-9H2,1H3,(H2,12,15). The van der Waals surface area contributed by atoms with Crippen molar-refractivity contribution in [3.05, 3.63) is 24.0 Å². The van der Waals surface area contributed by atoms with E-state index in [1.807, 2.05) is 22.9 Å². The van der Waals surface area contributed by atoms with Crippen molar-refractivity contribution in [2.75, 3.05) is 13.2 Å². The van der Waals surface area contributed by atoms with E-state index in [0.717, 1.165) is 25.3 Å². The van der Waals surface area contributed by atoms with Crippen LogP contribution in [0, 0.1) is 0 Å². The van der Waals surface area contributed by atoms with E-state index in [0.29, 0.717) is 11.6 Å². The zero-order valence-electron chi connectivity index (χ0n) is 9.11. The van der Waals surface area contributed by atoms with E-state index in [2.05, 4.69) is 6.92 Å². The number of nitrogens with zero attached hydrogens (tertiary/aromatic N) is 1. The third-order valence-electron chi connectivity index (χ3n) is 2.20. The third-order valence-corrected chi connectivity index (χ3v) is 2.41. The number of hydrogen-bond acceptors (Lipinski definition) is 2. The molecule has 0 fully saturated rings. The largest absolute Gasteiger partial charge is 0.388 e. The molecule has 0 aromatic carbocycles. The summed E-state index contributed by atoms with van der Waals surface area (Å²) < 4.78 is 7.50. The highest BCUT2D eigenvalue weighted by Gasteiger charge is 2.02. The van der Waals surface area contributed by atoms with Crippen LogP contribution in [0.1, 0.15) is 25.5 Å². The maximum atomic E-state index is 5.58. The summed E-state index contributed by atoms with van der Waals surface area (Å²) in [5.41, 5.74) is 6.49. The lowest BCUT2D eigenvalue weighted by molar-refractivity contribution is 0.123. The molecule has 84 valence electrons. The number of unbranched alkanes of at least 4 members (excludes halogenated alkanes) is 1. The number of aromatic nitrogens is 1. The Bertz CT molecular complexity index is 309. The lowest BCUT2D eigenvalue weighted by atomic mass is 10.4. The summed E-state index contributed by atoms with van der Waals surface area (Å²) in [6, 6.07) is 3.87. The van der Waals surface area contributed by atoms with E-state index >= 15 is 0 Å². The SMILES string of the molecule is CCCCOCCn1cccc1C(N)=S. The fraction of sp³-hybridized carbons (Fsp3) is 0.545. The number of ether oxygens (including phenoxy) is 1. The minimum Gasteiger partial charge on any atom is -0.388 e. The lowest BCUT2D eigenvalue weighted by Gasteiger charge is -2.08. The quantitative estimate of drug-likeness (QED) is 0.570. The molecule has 0 atom stereocenters. The van der Waals surface area contributed by atoms with Crippen LogP contribution in [0.2, 0.25) is 0 Å². The van der Waals surface area contributed by atoms with Crippen LogP contribution in [-0.4, -0.2) is 22.8 Å². The summed E-state index contributed by atoms with van der Waals surface area (Å²) >= 11 is 4.94. The molecule has 3 nitrogen and oxygen atoms in total. The van der Waals surface area contributed by atoms with Gasteiger partial charge in [0.1, 0.15) is 4.99 Å². The monoisotopic (exact) mass is 226 g/mol. The second kappa shape index (κ2) is 6.58. The molecule has 0 radical (unpaired) electrons. The molecule has 0 amide bonds. The van der Waals surface area contributed by atoms with E-state index in [1.165, 1.54) is 6.42 Å². The summed E-state index contributed by atoms with van der Waals surface area (Å²) in [7, 11) is 0. The van der Waals surface area contributed by atoms with Crippen molar-refractivity contribution in [3.63, 3.8) is 0 Å². The average molecular weight is 226 g/mol. The van der Waals surface area contributed by atoms with E-state index in [-0.39, 0.29) is 0 Å². The molecule has 1 aromatic heterocycles. The summed E-state index contributed by atoms with van der Waals surface area (Å²) in [6.45, 7) is 4.51. The topological polar surface area (TPSA) is 40.2 Å². The first-order valence-electron chi connectivity index (χ1n) is 5.28. The second-order valence-electron chi connectivity index (χ2n) is 3.42. The van der Waals surface area contributed by atoms with Gasteiger partial charge in [0.15, 0.2) is 0 Å². The molecule has 1 heterocycles. The van der Waals surface area contributed by atoms with Crippen LogP contribution in [0.3, 0.4) is 0 Å². The van der Waals surface area contributed by atoms with Gasteiger partial charge < -0.3 is 15.0 Å². The van der Waals surface area contributed by atoms with Gasteiger partial charge in [-0.15, -0.1) is 0 Å². The van der Waals surface area contributed by atoms with Crippen LogP contribution in [0.5, 0.6) is 0 Å². The van der Waals surface area contributed by atoms with Gasteiger partial charge in [-0.05, 0) is 18.6 Å². The Hall–Kier alpha value is -0.870. The van der Waals surface area contributed by atoms with Crippen LogP contribution in [0.4, 0.5) is 0 Å². The smallest absolute Gasteiger partial charge is 0.120 e. The molecule has 2 N–H and O–H groups in total. The van der Waals surface area contributed by atoms with Crippen LogP contribution in [-0.2, 0) is 11.3 Å². The summed E-state index contributed by atoms with van der Waals surface area (Å²) in [5, 5.41) is 0. The van der Waals surface area contributed by atoms with Gasteiger partial charge in [0.25, 0.3) is 0 Å². The Labute approximate surface area is 96.2 Å². The van der Waals surface area contributed by atoms with Crippen LogP contribution in [0.15, 0.2) is 18.3 Å². The highest BCUT2D eigenvalue weighted by Crippen LogP contribution is 2.02. The minimum absolute atomic E-state index is 0.438. The molecule has 0 aliphatic heterocycles. The molecule has 0 aliphatic carbocycles. The number of hydrogen-bond donors (Lipinski definition) is 1. The van der Waals surface area contributed by atoms with Gasteiger partial charge in [0.05, 0.1) is 12.3 Å². The summed E-state index contributed by atoms with van der Waals surface area (Å²) in [6.07, 6.45) is 4.26. The molecule has 0 spiro atoms. The maximum absolute atomic E-state index is 5.58. The highest BCUT2D eigenvalue weighted by molar-refractivity contribution is 7.80. The molecule has 0 unspecified atom stereocenters. The fourth-order valence-corrected chi connectivity index (χ4v) is 1.53. The molecule has 0 saturated heterocycles. The van der Waals surface area contributed by atoms with Crippen molar-refractivity contribution in [2.24, 2.45) is 5.73 Å². The van der Waals surface area contributed by atoms with Crippen molar-refractivity contribution in [3.8, 4) is 0 Å². The van der Waals surface area contributed by atoms with Gasteiger partial charge >= 0.3 is 0 Å². The maximum Gasteiger partial charge on any atom is 0.120 e. The zero-order chi connectivity index (χ0) is 11.1. The second-order valence-corrected chi connectivity index (χ2v) is 3.86. The number of thiocarbonyl (C=S) groups is 1. The first-order chi connectivity index (χ1) is 7.25. The number of nitrogens with two attached hydrogens (primary N) is 1. The molecule has 0 bridgehead atoms. The number of rotatable bonds is 7. The predicted octanol–water partition coefficient (Wildman–Crippen LogP) is 1.94. The third kappa shape index (κ3) is 4.01. The Morgan fingerprint density at radius 2 is 2.33 bits per heavy atom. The predicted molar refractivity (Wildman–Crippen MR) is 66.0 cm³/mol. The molecule has 4 heteroatoms. The molecule has 15 heavy (non-hydrogen) atoms. The summed E-state index contributed by atoms with van der Waals surface area (Å²) in [5.74, 6) is 0. The lowest BCUT2D eigenvalue weighted by Crippen LogP contribution is -2.17. The van der Waals surface area contributed by atoms with Gasteiger partial charge in [-0.2, -0.15) is 0 Å². The van der Waals surface area contributed by atoms with E-state index in [9.17, 15) is 0 Å². The first kappa shape index (κ1) is 12.2. The van der Waals surface area contributed by atoms with Crippen LogP contribution < -0.4 is 5.73 Å². The van der Waals surface area contributed by atoms with Gasteiger partial charge in [0, 0.05) is 19.3 Å². The van der Waals surface area contributed by atoms with Gasteiger partial charge in [-0.25, -0.2) is 0 Å². The summed E-state index contributed by atoms with van der Waals surface area (Å²) in [4.78, 5) is 0.438. The van der Waals surface area contributed by atoms with Crippen molar-refractivity contribution >= 4 is 17.2 Å². The van der Waals surface area contributed by atoms with Crippen molar-refractivity contribution in [2.45, 2.75) is 26.3 Å². The van der Waals surface area contributed by atoms with Gasteiger partial charge in [0.2, 0.25) is 0 Å². The Balaban J connectivity index is 2.31. The van der Waals surface area contributed by atoms with Crippen molar-refractivity contribution in [1.29, 1.82) is 0 Å². The average Bonchev–Trinajstić information content (AvgIpc) is 2.66. The van der Waals surface area contributed by atoms with E-state index < -0.39 is 0 Å². The van der Waals surface area contributed by atoms with Crippen molar-refractivity contribution in [1.82, 2.24) is 4.57 Å². The zero-order valence-corrected chi connectivity index (χ0v) is 9.93. The molecule has 0 saturated carbocycles. The van der Waals surface area contributed by atoms with E-state index in [4.69, 9.17) is 22.7 Å². The molecular weight excluding hydrogens is 208 g/mol. The van der Waals surface area contributed by atoms with Gasteiger partial charge in [-0.3, -0.25) is 0 Å². The minimum atomic E-state index is 0.438. The molecular formula is C11H18N2OS. The highest BCUT2D eigenvalue weighted by atomic mass is 32.1. The van der Waals surface area contributed by atoms with Gasteiger partial charge in [-0.1, -0.05) is 25.6 Å². The van der Waals surface area contributed by atoms with Crippen molar-refractivity contribution < 1.29 is 4.74 Å². The fourth-order valence-electron chi connectivity index (χ4n) is 1.34. The normalized spacial score (nSPS) is 10.5. The van der Waals surface area contributed by atoms with E-state index in [1.54, 1.807) is 0 Å². The Morgan fingerprint density at radius 3 is 3.00 bits per heavy atom. The molecule has 1 aromatic rings. The molecule has 1 rings (SSSR count). The Morgan fingerprint density at radius 1 is 1.53 bits per heavy atom. The Kier molecular flexibility index (Phi) is 5.36. The van der Waals surface area contributed by atoms with Crippen LogP contribution in [0.25, 0.3) is 0 Å². The first-order valence-corrected chi connectivity index (χ1v) is 5.69. The molecule has 0 aliphatic rings.